The summed E-state index contributed by atoms with van der Waals surface area (Å²) in [6, 6.07) is 17.8. The maximum atomic E-state index is 2.38. The Morgan fingerprint density at radius 2 is 1.69 bits per heavy atom. The molecule has 26 heavy (non-hydrogen) atoms. The van der Waals surface area contributed by atoms with Crippen LogP contribution in [-0.2, 0) is 12.5 Å². The molecule has 0 saturated carbocycles. The number of rotatable bonds is 3. The quantitative estimate of drug-likeness (QED) is 0.622. The molecule has 2 nitrogen and oxygen atoms in total. The molecule has 2 heteroatoms. The fourth-order valence-corrected chi connectivity index (χ4v) is 4.31. The molecule has 1 heterocycles. The Balaban J connectivity index is 1.99. The Kier molecular flexibility index (Phi) is 3.99. The Bertz CT molecular complexity index is 1000. The molecule has 1 atom stereocenters. The maximum Gasteiger partial charge on any atom is 0.0483 e. The van der Waals surface area contributed by atoms with Crippen molar-refractivity contribution in [2.45, 2.75) is 18.8 Å². The molecule has 4 rings (SSSR count). The van der Waals surface area contributed by atoms with E-state index in [0.717, 1.165) is 6.42 Å². The van der Waals surface area contributed by atoms with Crippen LogP contribution in [0, 0.1) is 6.92 Å². The molecule has 3 aromatic rings. The molecule has 0 saturated heterocycles. The highest BCUT2D eigenvalue weighted by atomic mass is 15.1. The first kappa shape index (κ1) is 16.7. The molecule has 0 fully saturated rings. The van der Waals surface area contributed by atoms with Crippen LogP contribution < -0.4 is 4.90 Å². The second kappa shape index (κ2) is 6.21. The van der Waals surface area contributed by atoms with E-state index in [1.165, 1.54) is 33.4 Å². The van der Waals surface area contributed by atoms with Crippen molar-refractivity contribution in [2.75, 3.05) is 19.0 Å². The van der Waals surface area contributed by atoms with Gasteiger partial charge in [0.05, 0.1) is 0 Å². The van der Waals surface area contributed by atoms with Gasteiger partial charge in [0.15, 0.2) is 0 Å². The van der Waals surface area contributed by atoms with E-state index in [4.69, 9.17) is 0 Å². The fourth-order valence-electron chi connectivity index (χ4n) is 4.31. The van der Waals surface area contributed by atoms with Crippen LogP contribution in [0.5, 0.6) is 0 Å². The molecule has 1 aromatic heterocycles. The zero-order valence-corrected chi connectivity index (χ0v) is 16.0. The third-order valence-electron chi connectivity index (χ3n) is 5.81. The SMILES string of the molecule is Cc1c(C2(c3ccc(N(C)C)cc3)C=CC=CC2)c2ccccc2n1C. The zero-order valence-electron chi connectivity index (χ0n) is 16.0. The number of allylic oxidation sites excluding steroid dienone is 4. The Morgan fingerprint density at radius 1 is 0.962 bits per heavy atom. The van der Waals surface area contributed by atoms with Gasteiger partial charge in [0, 0.05) is 48.8 Å². The third kappa shape index (κ3) is 2.40. The molecule has 132 valence electrons. The second-order valence-electron chi connectivity index (χ2n) is 7.44. The van der Waals surface area contributed by atoms with E-state index in [1.54, 1.807) is 0 Å². The summed E-state index contributed by atoms with van der Waals surface area (Å²) in [5.41, 5.74) is 6.52. The van der Waals surface area contributed by atoms with Gasteiger partial charge in [0.2, 0.25) is 0 Å². The van der Waals surface area contributed by atoms with E-state index < -0.39 is 0 Å². The van der Waals surface area contributed by atoms with E-state index >= 15 is 0 Å². The predicted molar refractivity (Wildman–Crippen MR) is 112 cm³/mol. The predicted octanol–water partition coefficient (Wildman–Crippen LogP) is 5.35. The second-order valence-corrected chi connectivity index (χ2v) is 7.44. The van der Waals surface area contributed by atoms with Crippen molar-refractivity contribution in [3.8, 4) is 0 Å². The number of hydrogen-bond acceptors (Lipinski definition) is 1. The van der Waals surface area contributed by atoms with Crippen LogP contribution in [0.1, 0.15) is 23.2 Å². The molecule has 1 aliphatic carbocycles. The molecule has 2 aromatic carbocycles. The lowest BCUT2D eigenvalue weighted by Crippen LogP contribution is -2.27. The number of benzene rings is 2. The van der Waals surface area contributed by atoms with Crippen LogP contribution in [0.15, 0.2) is 72.8 Å². The van der Waals surface area contributed by atoms with Crippen LogP contribution in [0.25, 0.3) is 10.9 Å². The minimum Gasteiger partial charge on any atom is -0.378 e. The number of para-hydroxylation sites is 1. The lowest BCUT2D eigenvalue weighted by molar-refractivity contribution is 0.643. The summed E-state index contributed by atoms with van der Waals surface area (Å²) in [6.07, 6.45) is 10.0. The normalized spacial score (nSPS) is 19.2. The van der Waals surface area contributed by atoms with Crippen molar-refractivity contribution in [3.63, 3.8) is 0 Å². The van der Waals surface area contributed by atoms with Gasteiger partial charge >= 0.3 is 0 Å². The number of hydrogen-bond donors (Lipinski definition) is 0. The van der Waals surface area contributed by atoms with Gasteiger partial charge in [0.25, 0.3) is 0 Å². The molecule has 0 spiro atoms. The molecule has 1 unspecified atom stereocenters. The van der Waals surface area contributed by atoms with E-state index in [-0.39, 0.29) is 5.41 Å². The van der Waals surface area contributed by atoms with E-state index in [1.807, 2.05) is 0 Å². The molecule has 0 radical (unpaired) electrons. The van der Waals surface area contributed by atoms with Gasteiger partial charge in [-0.15, -0.1) is 0 Å². The smallest absolute Gasteiger partial charge is 0.0483 e. The lowest BCUT2D eigenvalue weighted by Gasteiger charge is -2.33. The van der Waals surface area contributed by atoms with Gasteiger partial charge < -0.3 is 9.47 Å². The number of fused-ring (bicyclic) bond motifs is 1. The summed E-state index contributed by atoms with van der Waals surface area (Å²) >= 11 is 0. The lowest BCUT2D eigenvalue weighted by atomic mass is 9.69. The average molecular weight is 342 g/mol. The Labute approximate surface area is 156 Å². The van der Waals surface area contributed by atoms with E-state index in [9.17, 15) is 0 Å². The summed E-state index contributed by atoms with van der Waals surface area (Å²) in [5.74, 6) is 0. The first-order valence-corrected chi connectivity index (χ1v) is 9.21. The topological polar surface area (TPSA) is 8.17 Å². The number of anilines is 1. The third-order valence-corrected chi connectivity index (χ3v) is 5.81. The van der Waals surface area contributed by atoms with Crippen molar-refractivity contribution < 1.29 is 0 Å². The van der Waals surface area contributed by atoms with Crippen molar-refractivity contribution in [2.24, 2.45) is 7.05 Å². The first-order valence-electron chi connectivity index (χ1n) is 9.21. The van der Waals surface area contributed by atoms with Gasteiger partial charge in [-0.25, -0.2) is 0 Å². The number of aryl methyl sites for hydroxylation is 1. The summed E-state index contributed by atoms with van der Waals surface area (Å²) in [4.78, 5) is 2.15. The van der Waals surface area contributed by atoms with Crippen LogP contribution in [0.3, 0.4) is 0 Å². The van der Waals surface area contributed by atoms with Gasteiger partial charge in [-0.3, -0.25) is 0 Å². The van der Waals surface area contributed by atoms with Crippen molar-refractivity contribution in [1.29, 1.82) is 0 Å². The van der Waals surface area contributed by atoms with Crippen molar-refractivity contribution in [1.82, 2.24) is 4.57 Å². The van der Waals surface area contributed by atoms with Crippen LogP contribution >= 0.6 is 0 Å². The van der Waals surface area contributed by atoms with Crippen molar-refractivity contribution >= 4 is 16.6 Å². The van der Waals surface area contributed by atoms with Gasteiger partial charge in [-0.05, 0) is 42.7 Å². The molecule has 0 N–H and O–H groups in total. The Morgan fingerprint density at radius 3 is 2.35 bits per heavy atom. The number of aromatic nitrogens is 1. The highest BCUT2D eigenvalue weighted by molar-refractivity contribution is 5.88. The van der Waals surface area contributed by atoms with Gasteiger partial charge in [-0.2, -0.15) is 0 Å². The standard InChI is InChI=1S/C24H26N2/c1-18-23(21-10-6-7-11-22(21)26(18)4)24(16-8-5-9-17-24)19-12-14-20(15-13-19)25(2)3/h5-16H,17H2,1-4H3. The molecule has 1 aliphatic rings. The average Bonchev–Trinajstić information content (AvgIpc) is 2.94. The highest BCUT2D eigenvalue weighted by Crippen LogP contribution is 2.45. The molecular weight excluding hydrogens is 316 g/mol. The summed E-state index contributed by atoms with van der Waals surface area (Å²) in [5, 5.41) is 1.35. The minimum atomic E-state index is -0.120. The summed E-state index contributed by atoms with van der Waals surface area (Å²) < 4.78 is 2.33. The van der Waals surface area contributed by atoms with Crippen LogP contribution in [0.4, 0.5) is 5.69 Å². The monoisotopic (exact) mass is 342 g/mol. The van der Waals surface area contributed by atoms with Gasteiger partial charge in [-0.1, -0.05) is 54.6 Å². The molecule has 0 bridgehead atoms. The minimum absolute atomic E-state index is 0.120. The fraction of sp³-hybridized carbons (Fsp3) is 0.250. The van der Waals surface area contributed by atoms with Crippen LogP contribution in [-0.4, -0.2) is 18.7 Å². The molecule has 0 aliphatic heterocycles. The Hall–Kier alpha value is -2.74. The maximum absolute atomic E-state index is 2.38. The van der Waals surface area contributed by atoms with Crippen molar-refractivity contribution in [3.05, 3.63) is 89.7 Å². The number of nitrogens with zero attached hydrogens (tertiary/aromatic N) is 2. The summed E-state index contributed by atoms with van der Waals surface area (Å²) in [7, 11) is 6.35. The first-order chi connectivity index (χ1) is 12.5. The molecular formula is C24H26N2. The largest absolute Gasteiger partial charge is 0.378 e. The van der Waals surface area contributed by atoms with Gasteiger partial charge in [0.1, 0.15) is 0 Å². The van der Waals surface area contributed by atoms with Crippen LogP contribution in [0.2, 0.25) is 0 Å². The highest BCUT2D eigenvalue weighted by Gasteiger charge is 2.36. The van der Waals surface area contributed by atoms with E-state index in [0.29, 0.717) is 0 Å². The summed E-state index contributed by atoms with van der Waals surface area (Å²) in [6.45, 7) is 2.25. The zero-order chi connectivity index (χ0) is 18.3. The molecule has 0 amide bonds. The van der Waals surface area contributed by atoms with E-state index in [2.05, 4.69) is 110 Å².